The van der Waals surface area contributed by atoms with Gasteiger partial charge in [-0.05, 0) is 37.0 Å². The van der Waals surface area contributed by atoms with E-state index in [0.29, 0.717) is 12.5 Å². The topological polar surface area (TPSA) is 46.3 Å². The third-order valence-corrected chi connectivity index (χ3v) is 3.78. The minimum atomic E-state index is 0.181. The molecule has 0 saturated heterocycles. The maximum Gasteiger partial charge on any atom is 0.225 e. The maximum absolute atomic E-state index is 12.8. The molecular weight excluding hydrogens is 260 g/mol. The second-order valence-corrected chi connectivity index (χ2v) is 5.78. The SMILES string of the molecule is CCCC(CCC)C(=O)N(CCC)Cc1ccc(N)cc1. The highest BCUT2D eigenvalue weighted by molar-refractivity contribution is 5.78. The smallest absolute Gasteiger partial charge is 0.225 e. The molecule has 3 heteroatoms. The molecule has 118 valence electrons. The van der Waals surface area contributed by atoms with Crippen LogP contribution in [-0.4, -0.2) is 17.4 Å². The molecule has 0 aliphatic rings. The van der Waals surface area contributed by atoms with E-state index in [0.717, 1.165) is 49.9 Å². The number of carbonyl (C=O) groups is 1. The number of hydrogen-bond acceptors (Lipinski definition) is 2. The fourth-order valence-corrected chi connectivity index (χ4v) is 2.73. The Morgan fingerprint density at radius 2 is 1.62 bits per heavy atom. The highest BCUT2D eigenvalue weighted by Gasteiger charge is 2.22. The quantitative estimate of drug-likeness (QED) is 0.692. The van der Waals surface area contributed by atoms with Crippen molar-refractivity contribution in [1.82, 2.24) is 4.90 Å². The molecule has 0 radical (unpaired) electrons. The van der Waals surface area contributed by atoms with Crippen LogP contribution in [0.2, 0.25) is 0 Å². The number of nitrogen functional groups attached to an aromatic ring is 1. The molecule has 1 aromatic rings. The summed E-state index contributed by atoms with van der Waals surface area (Å²) in [5, 5.41) is 0. The molecule has 0 aliphatic carbocycles. The van der Waals surface area contributed by atoms with Crippen LogP contribution < -0.4 is 5.73 Å². The van der Waals surface area contributed by atoms with Crippen molar-refractivity contribution in [2.45, 2.75) is 59.4 Å². The van der Waals surface area contributed by atoms with Gasteiger partial charge in [-0.25, -0.2) is 0 Å². The lowest BCUT2D eigenvalue weighted by atomic mass is 9.96. The Labute approximate surface area is 129 Å². The predicted molar refractivity (Wildman–Crippen MR) is 89.9 cm³/mol. The number of rotatable bonds is 9. The summed E-state index contributed by atoms with van der Waals surface area (Å²) in [5.41, 5.74) is 7.64. The van der Waals surface area contributed by atoms with Gasteiger partial charge in [-0.1, -0.05) is 45.7 Å². The molecule has 0 aromatic heterocycles. The van der Waals surface area contributed by atoms with Gasteiger partial charge in [0.1, 0.15) is 0 Å². The number of carbonyl (C=O) groups excluding carboxylic acids is 1. The molecule has 0 spiro atoms. The van der Waals surface area contributed by atoms with Gasteiger partial charge in [-0.2, -0.15) is 0 Å². The average molecular weight is 290 g/mol. The maximum atomic E-state index is 12.8. The number of anilines is 1. The van der Waals surface area contributed by atoms with E-state index in [2.05, 4.69) is 20.8 Å². The van der Waals surface area contributed by atoms with E-state index in [-0.39, 0.29) is 5.92 Å². The zero-order chi connectivity index (χ0) is 15.7. The van der Waals surface area contributed by atoms with Crippen LogP contribution >= 0.6 is 0 Å². The van der Waals surface area contributed by atoms with E-state index in [9.17, 15) is 4.79 Å². The normalized spacial score (nSPS) is 10.9. The summed E-state index contributed by atoms with van der Waals surface area (Å²) in [6.45, 7) is 7.95. The van der Waals surface area contributed by atoms with E-state index in [4.69, 9.17) is 5.73 Å². The van der Waals surface area contributed by atoms with Crippen LogP contribution in [0.5, 0.6) is 0 Å². The lowest BCUT2D eigenvalue weighted by Gasteiger charge is -2.27. The standard InChI is InChI=1S/C18H30N2O/c1-4-7-16(8-5-2)18(21)20(13-6-3)14-15-9-11-17(19)12-10-15/h9-12,16H,4-8,13-14,19H2,1-3H3. The van der Waals surface area contributed by atoms with Crippen molar-refractivity contribution in [3.8, 4) is 0 Å². The van der Waals surface area contributed by atoms with E-state index in [1.807, 2.05) is 29.2 Å². The molecule has 3 nitrogen and oxygen atoms in total. The van der Waals surface area contributed by atoms with Gasteiger partial charge < -0.3 is 10.6 Å². The van der Waals surface area contributed by atoms with Crippen molar-refractivity contribution >= 4 is 11.6 Å². The van der Waals surface area contributed by atoms with Crippen molar-refractivity contribution in [3.05, 3.63) is 29.8 Å². The van der Waals surface area contributed by atoms with Gasteiger partial charge >= 0.3 is 0 Å². The molecular formula is C18H30N2O. The lowest BCUT2D eigenvalue weighted by Crippen LogP contribution is -2.36. The second-order valence-electron chi connectivity index (χ2n) is 5.78. The zero-order valence-electron chi connectivity index (χ0n) is 13.8. The van der Waals surface area contributed by atoms with Gasteiger partial charge in [0.05, 0.1) is 0 Å². The van der Waals surface area contributed by atoms with Gasteiger partial charge in [0, 0.05) is 24.7 Å². The van der Waals surface area contributed by atoms with Gasteiger partial charge in [-0.3, -0.25) is 4.79 Å². The fourth-order valence-electron chi connectivity index (χ4n) is 2.73. The summed E-state index contributed by atoms with van der Waals surface area (Å²) < 4.78 is 0. The Balaban J connectivity index is 2.78. The Morgan fingerprint density at radius 1 is 1.05 bits per heavy atom. The van der Waals surface area contributed by atoms with Gasteiger partial charge in [0.15, 0.2) is 0 Å². The Bertz CT molecular complexity index is 408. The molecule has 1 rings (SSSR count). The van der Waals surface area contributed by atoms with Crippen molar-refractivity contribution < 1.29 is 4.79 Å². The summed E-state index contributed by atoms with van der Waals surface area (Å²) in [6, 6.07) is 7.83. The summed E-state index contributed by atoms with van der Waals surface area (Å²) in [6.07, 6.45) is 5.12. The highest BCUT2D eigenvalue weighted by atomic mass is 16.2. The number of benzene rings is 1. The van der Waals surface area contributed by atoms with Gasteiger partial charge in [0.25, 0.3) is 0 Å². The van der Waals surface area contributed by atoms with Crippen molar-refractivity contribution in [3.63, 3.8) is 0 Å². The van der Waals surface area contributed by atoms with Gasteiger partial charge in [0.2, 0.25) is 5.91 Å². The molecule has 1 amide bonds. The molecule has 0 bridgehead atoms. The molecule has 0 unspecified atom stereocenters. The van der Waals surface area contributed by atoms with Crippen LogP contribution in [-0.2, 0) is 11.3 Å². The van der Waals surface area contributed by atoms with Crippen LogP contribution in [0.3, 0.4) is 0 Å². The molecule has 2 N–H and O–H groups in total. The third-order valence-electron chi connectivity index (χ3n) is 3.78. The van der Waals surface area contributed by atoms with Crippen molar-refractivity contribution in [2.75, 3.05) is 12.3 Å². The van der Waals surface area contributed by atoms with Crippen LogP contribution in [0.15, 0.2) is 24.3 Å². The number of nitrogens with zero attached hydrogens (tertiary/aromatic N) is 1. The number of hydrogen-bond donors (Lipinski definition) is 1. The molecule has 0 heterocycles. The van der Waals surface area contributed by atoms with E-state index in [1.54, 1.807) is 0 Å². The highest BCUT2D eigenvalue weighted by Crippen LogP contribution is 2.19. The molecule has 0 saturated carbocycles. The zero-order valence-corrected chi connectivity index (χ0v) is 13.8. The minimum Gasteiger partial charge on any atom is -0.399 e. The molecule has 1 aromatic carbocycles. The number of amides is 1. The first-order valence-corrected chi connectivity index (χ1v) is 8.25. The first-order chi connectivity index (χ1) is 10.1. The molecule has 21 heavy (non-hydrogen) atoms. The molecule has 0 atom stereocenters. The minimum absolute atomic E-state index is 0.181. The monoisotopic (exact) mass is 290 g/mol. The summed E-state index contributed by atoms with van der Waals surface area (Å²) in [4.78, 5) is 14.8. The average Bonchev–Trinajstić information content (AvgIpc) is 2.48. The first-order valence-electron chi connectivity index (χ1n) is 8.25. The largest absolute Gasteiger partial charge is 0.399 e. The second kappa shape index (κ2) is 9.43. The van der Waals surface area contributed by atoms with E-state index < -0.39 is 0 Å². The first kappa shape index (κ1) is 17.5. The van der Waals surface area contributed by atoms with Crippen LogP contribution in [0.4, 0.5) is 5.69 Å². The van der Waals surface area contributed by atoms with Crippen LogP contribution in [0, 0.1) is 5.92 Å². The molecule has 0 fully saturated rings. The number of nitrogens with two attached hydrogens (primary N) is 1. The van der Waals surface area contributed by atoms with E-state index in [1.165, 1.54) is 0 Å². The van der Waals surface area contributed by atoms with Crippen LogP contribution in [0.25, 0.3) is 0 Å². The molecule has 0 aliphatic heterocycles. The third kappa shape index (κ3) is 5.78. The summed E-state index contributed by atoms with van der Waals surface area (Å²) in [5.74, 6) is 0.498. The lowest BCUT2D eigenvalue weighted by molar-refractivity contribution is -0.136. The Morgan fingerprint density at radius 3 is 2.10 bits per heavy atom. The fraction of sp³-hybridized carbons (Fsp3) is 0.611. The summed E-state index contributed by atoms with van der Waals surface area (Å²) in [7, 11) is 0. The summed E-state index contributed by atoms with van der Waals surface area (Å²) >= 11 is 0. The predicted octanol–water partition coefficient (Wildman–Crippen LogP) is 4.22. The van der Waals surface area contributed by atoms with Gasteiger partial charge in [-0.15, -0.1) is 0 Å². The van der Waals surface area contributed by atoms with E-state index >= 15 is 0 Å². The van der Waals surface area contributed by atoms with Crippen molar-refractivity contribution in [1.29, 1.82) is 0 Å². The van der Waals surface area contributed by atoms with Crippen LogP contribution in [0.1, 0.15) is 58.4 Å². The van der Waals surface area contributed by atoms with Crippen molar-refractivity contribution in [2.24, 2.45) is 5.92 Å². The Kier molecular flexibility index (Phi) is 7.88. The Hall–Kier alpha value is -1.51.